The van der Waals surface area contributed by atoms with Gasteiger partial charge in [-0.05, 0) is 35.2 Å². The first kappa shape index (κ1) is 26.5. The summed E-state index contributed by atoms with van der Waals surface area (Å²) in [5.41, 5.74) is 0.730. The molecule has 7 nitrogen and oxygen atoms in total. The highest BCUT2D eigenvalue weighted by molar-refractivity contribution is 8.02. The molecule has 2 bridgehead atoms. The van der Waals surface area contributed by atoms with Crippen LogP contribution in [0.2, 0.25) is 0 Å². The molecule has 3 aliphatic rings. The van der Waals surface area contributed by atoms with Crippen LogP contribution in [0.1, 0.15) is 13.3 Å². The van der Waals surface area contributed by atoms with Crippen molar-refractivity contribution in [1.82, 2.24) is 9.80 Å². The van der Waals surface area contributed by atoms with Gasteiger partial charge in [-0.15, -0.1) is 24.9 Å². The number of anilines is 1. The van der Waals surface area contributed by atoms with E-state index in [0.717, 1.165) is 22.9 Å². The third-order valence-electron chi connectivity index (χ3n) is 8.51. The number of hydrogen-bond donors (Lipinski definition) is 1. The van der Waals surface area contributed by atoms with E-state index in [1.54, 1.807) is 45.7 Å². The predicted octanol–water partition coefficient (Wildman–Crippen LogP) is 3.33. The average Bonchev–Trinajstić information content (AvgIpc) is 3.50. The van der Waals surface area contributed by atoms with E-state index in [1.165, 1.54) is 0 Å². The lowest BCUT2D eigenvalue weighted by atomic mass is 9.65. The molecular formula is C30H35N3O4S. The second-order valence-electron chi connectivity index (χ2n) is 10.6. The zero-order chi connectivity index (χ0) is 27.2. The molecule has 3 fully saturated rings. The number of carbonyl (C=O) groups is 3. The van der Waals surface area contributed by atoms with Crippen LogP contribution in [0.25, 0.3) is 10.8 Å². The number of aliphatic hydroxyl groups is 1. The van der Waals surface area contributed by atoms with Crippen molar-refractivity contribution in [2.24, 2.45) is 17.8 Å². The van der Waals surface area contributed by atoms with Crippen molar-refractivity contribution < 1.29 is 19.5 Å². The summed E-state index contributed by atoms with van der Waals surface area (Å²) < 4.78 is -0.736. The first-order valence-corrected chi connectivity index (χ1v) is 14.0. The Bertz CT molecular complexity index is 1300. The van der Waals surface area contributed by atoms with Crippen LogP contribution in [0, 0.1) is 17.8 Å². The second-order valence-corrected chi connectivity index (χ2v) is 12.1. The van der Waals surface area contributed by atoms with E-state index in [1.807, 2.05) is 42.5 Å². The van der Waals surface area contributed by atoms with Crippen molar-refractivity contribution in [1.29, 1.82) is 0 Å². The number of rotatable bonds is 9. The first-order valence-electron chi connectivity index (χ1n) is 13.2. The Morgan fingerprint density at radius 3 is 2.53 bits per heavy atom. The van der Waals surface area contributed by atoms with Crippen molar-refractivity contribution >= 4 is 45.9 Å². The fourth-order valence-corrected chi connectivity index (χ4v) is 9.32. The SMILES string of the molecule is C=CCN(C)C(=O)[C@@H]1[C@H]2C(=O)N(CCO)C(C(=O)N(CC=C)c3ccc4ccccc4c3)C23S[C@@H]1CC3C. The summed E-state index contributed by atoms with van der Waals surface area (Å²) in [7, 11) is 1.73. The zero-order valence-electron chi connectivity index (χ0n) is 22.0. The number of amides is 3. The largest absolute Gasteiger partial charge is 0.395 e. The van der Waals surface area contributed by atoms with Gasteiger partial charge in [0, 0.05) is 37.6 Å². The quantitative estimate of drug-likeness (QED) is 0.500. The number of hydrogen-bond acceptors (Lipinski definition) is 5. The van der Waals surface area contributed by atoms with Crippen molar-refractivity contribution in [3.63, 3.8) is 0 Å². The lowest BCUT2D eigenvalue weighted by Crippen LogP contribution is -2.57. The Hall–Kier alpha value is -3.10. The normalized spacial score (nSPS) is 29.4. The van der Waals surface area contributed by atoms with Gasteiger partial charge in [0.05, 0.1) is 23.2 Å². The summed E-state index contributed by atoms with van der Waals surface area (Å²) >= 11 is 1.64. The summed E-state index contributed by atoms with van der Waals surface area (Å²) in [5.74, 6) is -1.53. The molecule has 8 heteroatoms. The molecule has 3 unspecified atom stereocenters. The Labute approximate surface area is 228 Å². The number of carbonyl (C=O) groups excluding carboxylic acids is 3. The van der Waals surface area contributed by atoms with Crippen molar-refractivity contribution in [2.45, 2.75) is 29.4 Å². The van der Waals surface area contributed by atoms with Crippen LogP contribution >= 0.6 is 11.8 Å². The molecule has 3 saturated heterocycles. The van der Waals surface area contributed by atoms with E-state index >= 15 is 0 Å². The highest BCUT2D eigenvalue weighted by Gasteiger charge is 2.76. The molecule has 0 aromatic heterocycles. The van der Waals surface area contributed by atoms with Crippen LogP contribution in [-0.4, -0.2) is 82.0 Å². The van der Waals surface area contributed by atoms with Gasteiger partial charge in [-0.3, -0.25) is 14.4 Å². The molecule has 6 atom stereocenters. The van der Waals surface area contributed by atoms with E-state index < -0.39 is 22.6 Å². The number of likely N-dealkylation sites (N-methyl/N-ethyl adjacent to an activating group) is 1. The minimum atomic E-state index is -0.786. The molecule has 38 heavy (non-hydrogen) atoms. The van der Waals surface area contributed by atoms with Crippen LogP contribution in [0.15, 0.2) is 67.8 Å². The smallest absolute Gasteiger partial charge is 0.251 e. The maximum absolute atomic E-state index is 14.6. The van der Waals surface area contributed by atoms with Crippen molar-refractivity contribution in [2.75, 3.05) is 38.2 Å². The van der Waals surface area contributed by atoms with Gasteiger partial charge in [0.15, 0.2) is 0 Å². The van der Waals surface area contributed by atoms with E-state index in [9.17, 15) is 19.5 Å². The lowest BCUT2D eigenvalue weighted by molar-refractivity contribution is -0.143. The third kappa shape index (κ3) is 3.88. The van der Waals surface area contributed by atoms with Gasteiger partial charge in [-0.2, -0.15) is 0 Å². The van der Waals surface area contributed by atoms with Crippen LogP contribution in [0.5, 0.6) is 0 Å². The van der Waals surface area contributed by atoms with Gasteiger partial charge in [0.2, 0.25) is 11.8 Å². The Kier molecular flexibility index (Phi) is 7.13. The molecule has 200 valence electrons. The fraction of sp³-hybridized carbons (Fsp3) is 0.433. The number of β-amino-alcohol motifs (C(OH)–C–C–N with tert-alkyl or cyclic N) is 1. The van der Waals surface area contributed by atoms with Crippen LogP contribution < -0.4 is 4.90 Å². The van der Waals surface area contributed by atoms with Crippen molar-refractivity contribution in [3.8, 4) is 0 Å². The van der Waals surface area contributed by atoms with Gasteiger partial charge in [0.25, 0.3) is 5.91 Å². The number of aliphatic hydroxyl groups excluding tert-OH is 1. The van der Waals surface area contributed by atoms with Crippen molar-refractivity contribution in [3.05, 3.63) is 67.8 Å². The molecule has 1 spiro atoms. The van der Waals surface area contributed by atoms with Crippen LogP contribution in [0.4, 0.5) is 5.69 Å². The van der Waals surface area contributed by atoms with Gasteiger partial charge >= 0.3 is 0 Å². The van der Waals surface area contributed by atoms with Gasteiger partial charge in [-0.25, -0.2) is 0 Å². The molecule has 2 aromatic carbocycles. The topological polar surface area (TPSA) is 81.2 Å². The minimum Gasteiger partial charge on any atom is -0.395 e. The van der Waals surface area contributed by atoms with E-state index in [-0.39, 0.29) is 48.6 Å². The molecule has 3 amide bonds. The Morgan fingerprint density at radius 2 is 1.84 bits per heavy atom. The van der Waals surface area contributed by atoms with E-state index in [0.29, 0.717) is 6.54 Å². The van der Waals surface area contributed by atoms with E-state index in [4.69, 9.17) is 0 Å². The summed E-state index contributed by atoms with van der Waals surface area (Å²) in [5, 5.41) is 12.0. The van der Waals surface area contributed by atoms with Crippen LogP contribution in [-0.2, 0) is 14.4 Å². The van der Waals surface area contributed by atoms with Gasteiger partial charge < -0.3 is 19.8 Å². The monoisotopic (exact) mass is 533 g/mol. The lowest BCUT2D eigenvalue weighted by Gasteiger charge is -2.40. The number of nitrogens with zero attached hydrogens (tertiary/aromatic N) is 3. The average molecular weight is 534 g/mol. The molecule has 3 heterocycles. The fourth-order valence-electron chi connectivity index (χ4n) is 6.91. The Morgan fingerprint density at radius 1 is 1.13 bits per heavy atom. The maximum Gasteiger partial charge on any atom is 0.251 e. The number of fused-ring (bicyclic) bond motifs is 2. The number of likely N-dealkylation sites (tertiary alicyclic amines) is 1. The summed E-state index contributed by atoms with van der Waals surface area (Å²) in [6, 6.07) is 13.1. The molecule has 5 rings (SSSR count). The highest BCUT2D eigenvalue weighted by Crippen LogP contribution is 2.68. The summed E-state index contributed by atoms with van der Waals surface area (Å²) in [6.07, 6.45) is 4.13. The number of benzene rings is 2. The van der Waals surface area contributed by atoms with E-state index in [2.05, 4.69) is 20.1 Å². The second kappa shape index (κ2) is 10.2. The minimum absolute atomic E-state index is 0.0289. The molecule has 1 N–H and O–H groups in total. The summed E-state index contributed by atoms with van der Waals surface area (Å²) in [4.78, 5) is 47.0. The Balaban J connectivity index is 1.58. The highest BCUT2D eigenvalue weighted by atomic mass is 32.2. The molecule has 2 aromatic rings. The van der Waals surface area contributed by atoms with Gasteiger partial charge in [0.1, 0.15) is 6.04 Å². The molecule has 3 aliphatic heterocycles. The summed E-state index contributed by atoms with van der Waals surface area (Å²) in [6.45, 7) is 10.2. The third-order valence-corrected chi connectivity index (χ3v) is 10.6. The molecule has 0 saturated carbocycles. The predicted molar refractivity (Wildman–Crippen MR) is 152 cm³/mol. The standard InChI is InChI=1S/C30H35N3O4S/c1-5-13-31(4)27(35)24-23-17-19(3)30(38-23)25(24)28(36)33(15-16-34)26(30)29(37)32(14-6-2)22-12-11-20-9-7-8-10-21(20)18-22/h5-12,18-19,23-26,34H,1-2,13-17H2,3-4H3/t19?,23-,24+,25+,26?,30?/m1/s1. The molecule has 0 radical (unpaired) electrons. The maximum atomic E-state index is 14.6. The van der Waals surface area contributed by atoms with Gasteiger partial charge in [-0.1, -0.05) is 49.4 Å². The van der Waals surface area contributed by atoms with Crippen LogP contribution in [0.3, 0.4) is 0 Å². The number of thioether (sulfide) groups is 1. The zero-order valence-corrected chi connectivity index (χ0v) is 22.8. The first-order chi connectivity index (χ1) is 18.3. The molecule has 0 aliphatic carbocycles. The molecular weight excluding hydrogens is 498 g/mol.